The third kappa shape index (κ3) is 2.18. The molecule has 0 aliphatic heterocycles. The maximum absolute atomic E-state index is 12.4. The number of rotatable bonds is 5. The van der Waals surface area contributed by atoms with Gasteiger partial charge in [-0.1, -0.05) is 18.7 Å². The summed E-state index contributed by atoms with van der Waals surface area (Å²) in [5, 5.41) is 0. The highest BCUT2D eigenvalue weighted by Crippen LogP contribution is 2.07. The van der Waals surface area contributed by atoms with E-state index in [9.17, 15) is 14.4 Å². The van der Waals surface area contributed by atoms with Gasteiger partial charge in [0.25, 0.3) is 11.5 Å². The number of carbonyl (C=O) groups excluding carboxylic acids is 1. The summed E-state index contributed by atoms with van der Waals surface area (Å²) in [6.45, 7) is 10.7. The summed E-state index contributed by atoms with van der Waals surface area (Å²) in [6.07, 6.45) is 5.22. The minimum Gasteiger partial charge on any atom is -0.272 e. The summed E-state index contributed by atoms with van der Waals surface area (Å²) in [7, 11) is 0. The van der Waals surface area contributed by atoms with Crippen LogP contribution in [0.5, 0.6) is 0 Å². The van der Waals surface area contributed by atoms with E-state index in [1.54, 1.807) is 0 Å². The average molecular weight is 286 g/mol. The monoisotopic (exact) mass is 286 g/mol. The molecular weight excluding hydrogens is 272 g/mol. The molecule has 0 spiro atoms. The molecule has 0 aliphatic carbocycles. The molecule has 0 aliphatic rings. The zero-order valence-electron chi connectivity index (χ0n) is 11.4. The van der Waals surface area contributed by atoms with Gasteiger partial charge >= 0.3 is 5.69 Å². The van der Waals surface area contributed by atoms with Crippen molar-refractivity contribution in [3.8, 4) is 0 Å². The fourth-order valence-electron chi connectivity index (χ4n) is 2.04. The topological polar surface area (TPSA) is 78.9 Å². The first-order valence-corrected chi connectivity index (χ1v) is 6.16. The molecule has 0 N–H and O–H groups in total. The Morgan fingerprint density at radius 2 is 1.76 bits per heavy atom. The second kappa shape index (κ2) is 5.58. The largest absolute Gasteiger partial charge is 0.333 e. The number of imidazole rings is 1. The molecule has 2 rings (SSSR count). The second-order valence-electron chi connectivity index (χ2n) is 4.22. The summed E-state index contributed by atoms with van der Waals surface area (Å²) >= 11 is 0. The smallest absolute Gasteiger partial charge is 0.272 e. The van der Waals surface area contributed by atoms with Crippen LogP contribution in [0, 0.1) is 0 Å². The van der Waals surface area contributed by atoms with E-state index in [-0.39, 0.29) is 24.3 Å². The van der Waals surface area contributed by atoms with Crippen LogP contribution in [0.2, 0.25) is 0 Å². The summed E-state index contributed by atoms with van der Waals surface area (Å²) in [5.41, 5.74) is -0.949. The number of hydrogen-bond donors (Lipinski definition) is 0. The normalized spacial score (nSPS) is 10.5. The van der Waals surface area contributed by atoms with Crippen molar-refractivity contribution in [2.45, 2.75) is 13.1 Å². The van der Waals surface area contributed by atoms with Gasteiger partial charge in [-0.3, -0.25) is 23.3 Å². The van der Waals surface area contributed by atoms with E-state index in [2.05, 4.69) is 24.7 Å². The molecule has 0 saturated heterocycles. The lowest BCUT2D eigenvalue weighted by molar-refractivity contribution is 0.0973. The van der Waals surface area contributed by atoms with E-state index in [0.717, 1.165) is 15.2 Å². The number of fused-ring (bicyclic) bond motifs is 1. The predicted octanol–water partition coefficient (Wildman–Crippen LogP) is 0.558. The van der Waals surface area contributed by atoms with E-state index in [1.165, 1.54) is 23.0 Å². The first kappa shape index (κ1) is 14.4. The maximum atomic E-state index is 12.4. The second-order valence-corrected chi connectivity index (χ2v) is 4.22. The molecule has 0 bridgehead atoms. The van der Waals surface area contributed by atoms with Crippen LogP contribution < -0.4 is 11.2 Å². The lowest BCUT2D eigenvalue weighted by Gasteiger charge is -2.09. The Hall–Kier alpha value is -2.96. The van der Waals surface area contributed by atoms with Crippen LogP contribution in [0.15, 0.2) is 53.9 Å². The van der Waals surface area contributed by atoms with Gasteiger partial charge in [0.1, 0.15) is 6.33 Å². The number of allylic oxidation sites excluding steroid dienone is 3. The molecule has 2 heterocycles. The van der Waals surface area contributed by atoms with Gasteiger partial charge in [-0.25, -0.2) is 9.78 Å². The number of carbonyl (C=O) groups is 1. The molecule has 0 fully saturated rings. The van der Waals surface area contributed by atoms with E-state index in [4.69, 9.17) is 0 Å². The van der Waals surface area contributed by atoms with Crippen molar-refractivity contribution in [2.24, 2.45) is 0 Å². The molecule has 7 heteroatoms. The van der Waals surface area contributed by atoms with Gasteiger partial charge < -0.3 is 0 Å². The lowest BCUT2D eigenvalue weighted by atomic mass is 10.4. The fourth-order valence-corrected chi connectivity index (χ4v) is 2.04. The number of nitrogens with zero attached hydrogens (tertiary/aromatic N) is 4. The molecule has 0 radical (unpaired) electrons. The van der Waals surface area contributed by atoms with Gasteiger partial charge in [-0.15, -0.1) is 13.2 Å². The molecule has 0 saturated carbocycles. The third-order valence-electron chi connectivity index (χ3n) is 2.95. The van der Waals surface area contributed by atoms with Crippen molar-refractivity contribution in [3.63, 3.8) is 0 Å². The van der Waals surface area contributed by atoms with Crippen LogP contribution in [-0.2, 0) is 13.1 Å². The van der Waals surface area contributed by atoms with E-state index < -0.39 is 17.2 Å². The van der Waals surface area contributed by atoms with E-state index >= 15 is 0 Å². The molecule has 21 heavy (non-hydrogen) atoms. The van der Waals surface area contributed by atoms with Crippen LogP contribution >= 0.6 is 0 Å². The van der Waals surface area contributed by atoms with Gasteiger partial charge in [0.15, 0.2) is 11.2 Å². The summed E-state index contributed by atoms with van der Waals surface area (Å²) < 4.78 is 3.34. The quantitative estimate of drug-likeness (QED) is 0.594. The number of aromatic nitrogens is 4. The van der Waals surface area contributed by atoms with Gasteiger partial charge in [-0.2, -0.15) is 0 Å². The molecule has 7 nitrogen and oxygen atoms in total. The zero-order valence-corrected chi connectivity index (χ0v) is 11.4. The molecule has 2 aromatic rings. The number of hydrogen-bond acceptors (Lipinski definition) is 4. The fraction of sp³-hybridized carbons (Fsp3) is 0.143. The molecule has 108 valence electrons. The Labute approximate surface area is 119 Å². The van der Waals surface area contributed by atoms with Crippen molar-refractivity contribution in [3.05, 3.63) is 65.1 Å². The van der Waals surface area contributed by atoms with Gasteiger partial charge in [0.2, 0.25) is 0 Å². The first-order valence-electron chi connectivity index (χ1n) is 6.16. The van der Waals surface area contributed by atoms with E-state index in [1.807, 2.05) is 0 Å². The van der Waals surface area contributed by atoms with Crippen LogP contribution in [0.25, 0.3) is 11.2 Å². The van der Waals surface area contributed by atoms with Crippen LogP contribution in [0.4, 0.5) is 0 Å². The maximum Gasteiger partial charge on any atom is 0.333 e. The van der Waals surface area contributed by atoms with Crippen molar-refractivity contribution >= 4 is 17.1 Å². The third-order valence-corrected chi connectivity index (χ3v) is 2.95. The summed E-state index contributed by atoms with van der Waals surface area (Å²) in [4.78, 5) is 40.5. The molecule has 0 aromatic carbocycles. The molecule has 0 atom stereocenters. The average Bonchev–Trinajstić information content (AvgIpc) is 2.92. The van der Waals surface area contributed by atoms with Crippen LogP contribution in [-0.4, -0.2) is 24.6 Å². The first-order chi connectivity index (χ1) is 10.1. The minimum absolute atomic E-state index is 0.0307. The molecule has 0 amide bonds. The van der Waals surface area contributed by atoms with Crippen molar-refractivity contribution < 1.29 is 4.79 Å². The zero-order chi connectivity index (χ0) is 15.6. The van der Waals surface area contributed by atoms with Gasteiger partial charge in [0.05, 0.1) is 0 Å². The van der Waals surface area contributed by atoms with Gasteiger partial charge in [-0.05, 0) is 6.08 Å². The standard InChI is InChI=1S/C14H14N4O3/c1-4-7-16-12-11(18(9-15-12)10(19)6-3)13(20)17(8-5-2)14(16)21/h4-6,9H,1-3,7-8H2. The summed E-state index contributed by atoms with van der Waals surface area (Å²) in [6, 6.07) is 0. The summed E-state index contributed by atoms with van der Waals surface area (Å²) in [5.74, 6) is -0.497. The van der Waals surface area contributed by atoms with Crippen molar-refractivity contribution in [1.29, 1.82) is 0 Å². The van der Waals surface area contributed by atoms with Crippen LogP contribution in [0.3, 0.4) is 0 Å². The van der Waals surface area contributed by atoms with Crippen molar-refractivity contribution in [1.82, 2.24) is 18.7 Å². The van der Waals surface area contributed by atoms with Crippen LogP contribution in [0.1, 0.15) is 4.79 Å². The Morgan fingerprint density at radius 3 is 2.33 bits per heavy atom. The predicted molar refractivity (Wildman–Crippen MR) is 79.5 cm³/mol. The van der Waals surface area contributed by atoms with Gasteiger partial charge in [0, 0.05) is 13.1 Å². The highest BCUT2D eigenvalue weighted by molar-refractivity contribution is 5.95. The Kier molecular flexibility index (Phi) is 3.84. The Bertz CT molecular complexity index is 867. The highest BCUT2D eigenvalue weighted by Gasteiger charge is 2.18. The van der Waals surface area contributed by atoms with E-state index in [0.29, 0.717) is 0 Å². The SMILES string of the molecule is C=CCn1c(=O)c2c(ncn2C(=O)C=C)n(CC=C)c1=O. The molecule has 2 aromatic heterocycles. The highest BCUT2D eigenvalue weighted by atomic mass is 16.2. The molecular formula is C14H14N4O3. The van der Waals surface area contributed by atoms with Crippen molar-refractivity contribution in [2.75, 3.05) is 0 Å². The molecule has 0 unspecified atom stereocenters. The Morgan fingerprint density at radius 1 is 1.14 bits per heavy atom. The lowest BCUT2D eigenvalue weighted by Crippen LogP contribution is -2.40. The Balaban J connectivity index is 2.99. The minimum atomic E-state index is -0.595.